The topological polar surface area (TPSA) is 23.8 Å². The molecular weight excluding hydrogens is 458 g/mol. The Hall–Kier alpha value is -4.93. The van der Waals surface area contributed by atoms with Crippen molar-refractivity contribution in [3.8, 4) is 6.07 Å². The molecule has 0 bridgehead atoms. The second kappa shape index (κ2) is 6.68. The second-order valence-corrected chi connectivity index (χ2v) is 11.0. The van der Waals surface area contributed by atoms with Crippen LogP contribution in [-0.4, -0.2) is 0 Å². The Morgan fingerprint density at radius 1 is 0.421 bits per heavy atom. The highest BCUT2D eigenvalue weighted by Crippen LogP contribution is 2.48. The average molecular weight is 480 g/mol. The first-order valence-electron chi connectivity index (χ1n) is 13.2. The Kier molecular flexibility index (Phi) is 3.55. The van der Waals surface area contributed by atoms with Crippen LogP contribution in [0.5, 0.6) is 0 Å². The van der Waals surface area contributed by atoms with Crippen LogP contribution < -0.4 is 0 Å². The molecule has 0 N–H and O–H groups in total. The summed E-state index contributed by atoms with van der Waals surface area (Å²) in [4.78, 5) is 0. The number of nitriles is 1. The van der Waals surface area contributed by atoms with Gasteiger partial charge in [-0.2, -0.15) is 5.26 Å². The third kappa shape index (κ3) is 2.28. The van der Waals surface area contributed by atoms with Gasteiger partial charge in [-0.1, -0.05) is 72.8 Å². The molecular formula is C37H21N. The van der Waals surface area contributed by atoms with Gasteiger partial charge >= 0.3 is 0 Å². The molecule has 0 amide bonds. The Balaban J connectivity index is 1.63. The molecule has 9 aromatic carbocycles. The number of hydrogen-bond acceptors (Lipinski definition) is 1. The van der Waals surface area contributed by atoms with Crippen molar-refractivity contribution in [2.24, 2.45) is 0 Å². The zero-order chi connectivity index (χ0) is 25.3. The zero-order valence-corrected chi connectivity index (χ0v) is 21.1. The van der Waals surface area contributed by atoms with Gasteiger partial charge in [0.05, 0.1) is 5.56 Å². The van der Waals surface area contributed by atoms with Gasteiger partial charge in [-0.15, -0.1) is 0 Å². The summed E-state index contributed by atoms with van der Waals surface area (Å²) in [5.41, 5.74) is 3.24. The lowest BCUT2D eigenvalue weighted by atomic mass is 9.91. The van der Waals surface area contributed by atoms with Crippen molar-refractivity contribution in [2.75, 3.05) is 0 Å². The molecule has 0 radical (unpaired) electrons. The molecule has 0 spiro atoms. The summed E-state index contributed by atoms with van der Waals surface area (Å²) in [6.45, 7) is 4.33. The van der Waals surface area contributed by atoms with Crippen LogP contribution in [0.2, 0.25) is 0 Å². The normalized spacial score (nSPS) is 12.4. The molecule has 9 rings (SSSR count). The van der Waals surface area contributed by atoms with Crippen LogP contribution in [0.1, 0.15) is 16.7 Å². The van der Waals surface area contributed by atoms with E-state index in [9.17, 15) is 5.26 Å². The van der Waals surface area contributed by atoms with Crippen LogP contribution in [0.15, 0.2) is 91.0 Å². The summed E-state index contributed by atoms with van der Waals surface area (Å²) in [6.07, 6.45) is 0. The molecule has 0 aliphatic rings. The number of aryl methyl sites for hydroxylation is 2. The molecule has 9 aromatic rings. The van der Waals surface area contributed by atoms with Gasteiger partial charge in [-0.3, -0.25) is 0 Å². The minimum atomic E-state index is 0.795. The fourth-order valence-corrected chi connectivity index (χ4v) is 7.39. The van der Waals surface area contributed by atoms with Gasteiger partial charge in [0.1, 0.15) is 6.07 Å². The predicted octanol–water partition coefficient (Wildman–Crippen LogP) is 10.3. The Bertz CT molecular complexity index is 2510. The third-order valence-electron chi connectivity index (χ3n) is 8.76. The summed E-state index contributed by atoms with van der Waals surface area (Å²) in [5.74, 6) is 0. The number of nitrogens with zero attached hydrogens (tertiary/aromatic N) is 1. The molecule has 0 atom stereocenters. The van der Waals surface area contributed by atoms with E-state index in [0.717, 1.165) is 21.7 Å². The van der Waals surface area contributed by atoms with E-state index >= 15 is 0 Å². The van der Waals surface area contributed by atoms with E-state index in [-0.39, 0.29) is 0 Å². The van der Waals surface area contributed by atoms with Crippen LogP contribution in [0.25, 0.3) is 86.2 Å². The van der Waals surface area contributed by atoms with E-state index in [1.807, 2.05) is 0 Å². The summed E-state index contributed by atoms with van der Waals surface area (Å²) in [5, 5.41) is 30.4. The number of fused-ring (bicyclic) bond motifs is 10. The van der Waals surface area contributed by atoms with Crippen molar-refractivity contribution in [2.45, 2.75) is 13.8 Å². The molecule has 0 unspecified atom stereocenters. The van der Waals surface area contributed by atoms with E-state index in [0.29, 0.717) is 0 Å². The van der Waals surface area contributed by atoms with Crippen molar-refractivity contribution in [1.82, 2.24) is 0 Å². The highest BCUT2D eigenvalue weighted by molar-refractivity contribution is 6.40. The van der Waals surface area contributed by atoms with Gasteiger partial charge in [-0.25, -0.2) is 0 Å². The Labute approximate surface area is 218 Å². The summed E-state index contributed by atoms with van der Waals surface area (Å²) in [6, 6.07) is 36.2. The van der Waals surface area contributed by atoms with Crippen LogP contribution in [0, 0.1) is 25.2 Å². The monoisotopic (exact) mass is 479 g/mol. The molecule has 0 heterocycles. The first-order valence-corrected chi connectivity index (χ1v) is 13.2. The molecule has 0 aromatic heterocycles. The first-order chi connectivity index (χ1) is 18.6. The molecule has 1 heteroatoms. The quantitative estimate of drug-likeness (QED) is 0.198. The van der Waals surface area contributed by atoms with Gasteiger partial charge in [0.15, 0.2) is 0 Å². The maximum absolute atomic E-state index is 10.8. The van der Waals surface area contributed by atoms with Crippen LogP contribution in [0.4, 0.5) is 0 Å². The third-order valence-corrected chi connectivity index (χ3v) is 8.76. The lowest BCUT2D eigenvalue weighted by Crippen LogP contribution is -1.87. The maximum atomic E-state index is 10.8. The van der Waals surface area contributed by atoms with E-state index in [1.165, 1.54) is 81.1 Å². The largest absolute Gasteiger partial charge is 0.192 e. The summed E-state index contributed by atoms with van der Waals surface area (Å²) < 4.78 is 0. The number of benzene rings is 7. The smallest absolute Gasteiger partial charge is 0.100 e. The Morgan fingerprint density at radius 3 is 1.53 bits per heavy atom. The molecule has 1 nitrogen and oxygen atoms in total. The standard InChI is InChI=1S/C37H21N/c1-19-11-26-23-8-4-3-7-21(23)15-29-30-17-22-16-28-25-10-6-5-9-24(25)27-12-20(2)13-31(36(27)28)34(22)33(18-38)37(30)32(14-19)35(26)29/h3-17H,1-2H3. The van der Waals surface area contributed by atoms with Gasteiger partial charge in [0, 0.05) is 10.8 Å². The van der Waals surface area contributed by atoms with E-state index in [1.54, 1.807) is 0 Å². The first kappa shape index (κ1) is 20.2. The molecule has 0 saturated heterocycles. The molecule has 0 fully saturated rings. The highest BCUT2D eigenvalue weighted by Gasteiger charge is 2.22. The zero-order valence-electron chi connectivity index (χ0n) is 21.1. The summed E-state index contributed by atoms with van der Waals surface area (Å²) >= 11 is 0. The minimum absolute atomic E-state index is 0.795. The van der Waals surface area contributed by atoms with Crippen molar-refractivity contribution < 1.29 is 0 Å². The van der Waals surface area contributed by atoms with Crippen molar-refractivity contribution in [3.05, 3.63) is 108 Å². The molecule has 174 valence electrons. The predicted molar refractivity (Wildman–Crippen MR) is 163 cm³/mol. The fourth-order valence-electron chi connectivity index (χ4n) is 7.39. The van der Waals surface area contributed by atoms with Crippen molar-refractivity contribution in [1.29, 1.82) is 5.26 Å². The van der Waals surface area contributed by atoms with Gasteiger partial charge < -0.3 is 0 Å². The maximum Gasteiger partial charge on any atom is 0.100 e. The van der Waals surface area contributed by atoms with Crippen molar-refractivity contribution in [3.63, 3.8) is 0 Å². The highest BCUT2D eigenvalue weighted by atomic mass is 14.3. The van der Waals surface area contributed by atoms with E-state index in [4.69, 9.17) is 0 Å². The fraction of sp³-hybridized carbons (Fsp3) is 0.0541. The lowest BCUT2D eigenvalue weighted by Gasteiger charge is -2.10. The van der Waals surface area contributed by atoms with Crippen molar-refractivity contribution >= 4 is 86.2 Å². The molecule has 0 saturated carbocycles. The number of hydrogen-bond donors (Lipinski definition) is 0. The van der Waals surface area contributed by atoms with Gasteiger partial charge in [0.2, 0.25) is 0 Å². The van der Waals surface area contributed by atoms with Crippen LogP contribution in [0.3, 0.4) is 0 Å². The van der Waals surface area contributed by atoms with E-state index < -0.39 is 0 Å². The number of rotatable bonds is 0. The van der Waals surface area contributed by atoms with E-state index in [2.05, 4.69) is 111 Å². The molecule has 0 aliphatic heterocycles. The Morgan fingerprint density at radius 2 is 0.868 bits per heavy atom. The SMILES string of the molecule is Cc1cc2c3ccccc3c3cc4cc5c6cc7ccccc7c7cc(C)cc(c5c(C#N)c4c(c1)c23)c76. The van der Waals surface area contributed by atoms with Crippen LogP contribution >= 0.6 is 0 Å². The molecule has 38 heavy (non-hydrogen) atoms. The molecule has 0 aliphatic carbocycles. The average Bonchev–Trinajstić information content (AvgIpc) is 3.41. The van der Waals surface area contributed by atoms with Crippen LogP contribution in [-0.2, 0) is 0 Å². The lowest BCUT2D eigenvalue weighted by molar-refractivity contribution is 1.51. The second-order valence-electron chi connectivity index (χ2n) is 11.0. The minimum Gasteiger partial charge on any atom is -0.192 e. The summed E-state index contributed by atoms with van der Waals surface area (Å²) in [7, 11) is 0. The van der Waals surface area contributed by atoms with Gasteiger partial charge in [0.25, 0.3) is 0 Å². The van der Waals surface area contributed by atoms with Gasteiger partial charge in [-0.05, 0) is 119 Å².